The lowest BCUT2D eigenvalue weighted by molar-refractivity contribution is 0.102. The van der Waals surface area contributed by atoms with Gasteiger partial charge in [0.1, 0.15) is 12.0 Å². The minimum absolute atomic E-state index is 0.0638. The number of amides is 1. The van der Waals surface area contributed by atoms with E-state index >= 15 is 0 Å². The minimum atomic E-state index is -0.470. The topological polar surface area (TPSA) is 97.6 Å². The summed E-state index contributed by atoms with van der Waals surface area (Å²) in [6, 6.07) is 0.233. The Morgan fingerprint density at radius 2 is 2.05 bits per heavy atom. The smallest absolute Gasteiger partial charge is 0.278 e. The third kappa shape index (κ3) is 2.45. The summed E-state index contributed by atoms with van der Waals surface area (Å²) >= 11 is 11.7. The molecule has 0 spiro atoms. The molecule has 2 aromatic heterocycles. The van der Waals surface area contributed by atoms with E-state index in [1.807, 2.05) is 0 Å². The van der Waals surface area contributed by atoms with E-state index in [1.165, 1.54) is 6.33 Å². The molecule has 1 aliphatic heterocycles. The molecular formula is C10H9Cl2N7O. The number of nitrogens with zero attached hydrogens (tertiary/aromatic N) is 5. The molecule has 0 radical (unpaired) electrons. The van der Waals surface area contributed by atoms with E-state index < -0.39 is 5.91 Å². The van der Waals surface area contributed by atoms with Crippen molar-refractivity contribution in [1.29, 1.82) is 0 Å². The van der Waals surface area contributed by atoms with E-state index in [0.717, 1.165) is 13.1 Å². The van der Waals surface area contributed by atoms with E-state index in [9.17, 15) is 4.79 Å². The van der Waals surface area contributed by atoms with Crippen LogP contribution in [0.4, 0.5) is 5.69 Å². The monoisotopic (exact) mass is 313 g/mol. The average molecular weight is 314 g/mol. The molecule has 2 N–H and O–H groups in total. The van der Waals surface area contributed by atoms with Crippen molar-refractivity contribution in [2.24, 2.45) is 0 Å². The summed E-state index contributed by atoms with van der Waals surface area (Å²) in [5.74, 6) is -0.470. The van der Waals surface area contributed by atoms with Crippen LogP contribution in [-0.4, -0.2) is 44.0 Å². The molecule has 0 saturated carbocycles. The van der Waals surface area contributed by atoms with E-state index in [-0.39, 0.29) is 27.7 Å². The van der Waals surface area contributed by atoms with Crippen molar-refractivity contribution in [2.75, 3.05) is 18.4 Å². The molecule has 20 heavy (non-hydrogen) atoms. The second-order valence-electron chi connectivity index (χ2n) is 4.18. The van der Waals surface area contributed by atoms with Gasteiger partial charge in [0.25, 0.3) is 5.91 Å². The molecule has 3 heterocycles. The Balaban J connectivity index is 1.77. The van der Waals surface area contributed by atoms with Gasteiger partial charge >= 0.3 is 0 Å². The summed E-state index contributed by atoms with van der Waals surface area (Å²) in [5.41, 5.74) is 0.327. The number of anilines is 1. The van der Waals surface area contributed by atoms with Crippen molar-refractivity contribution in [3.8, 4) is 0 Å². The van der Waals surface area contributed by atoms with E-state index in [4.69, 9.17) is 23.2 Å². The predicted octanol–water partition coefficient (Wildman–Crippen LogP) is 0.771. The number of carbonyl (C=O) groups excluding carboxylic acids is 1. The first-order valence-corrected chi connectivity index (χ1v) is 6.50. The van der Waals surface area contributed by atoms with Gasteiger partial charge in [-0.15, -0.1) is 5.10 Å². The molecule has 0 aliphatic carbocycles. The van der Waals surface area contributed by atoms with Gasteiger partial charge in [-0.3, -0.25) is 4.79 Å². The SMILES string of the molecule is O=C(Nc1c(Cl)ncnc1Cl)c1cn(C2CNC2)nn1. The Labute approximate surface area is 123 Å². The number of nitrogens with one attached hydrogen (secondary N) is 2. The predicted molar refractivity (Wildman–Crippen MR) is 71.9 cm³/mol. The molecule has 1 aliphatic rings. The molecule has 1 saturated heterocycles. The number of halogens is 2. The van der Waals surface area contributed by atoms with E-state index in [0.29, 0.717) is 0 Å². The van der Waals surface area contributed by atoms with Gasteiger partial charge in [0.2, 0.25) is 0 Å². The van der Waals surface area contributed by atoms with Crippen molar-refractivity contribution >= 4 is 34.8 Å². The fourth-order valence-corrected chi connectivity index (χ4v) is 2.05. The number of carbonyl (C=O) groups is 1. The highest BCUT2D eigenvalue weighted by Crippen LogP contribution is 2.26. The van der Waals surface area contributed by atoms with Gasteiger partial charge in [-0.2, -0.15) is 0 Å². The molecule has 2 aromatic rings. The van der Waals surface area contributed by atoms with Gasteiger partial charge in [0.05, 0.1) is 12.2 Å². The van der Waals surface area contributed by atoms with Crippen LogP contribution in [-0.2, 0) is 0 Å². The Bertz CT molecular complexity index is 635. The van der Waals surface area contributed by atoms with Gasteiger partial charge in [-0.05, 0) is 0 Å². The lowest BCUT2D eigenvalue weighted by Crippen LogP contribution is -2.43. The second-order valence-corrected chi connectivity index (χ2v) is 4.90. The van der Waals surface area contributed by atoms with Crippen molar-refractivity contribution < 1.29 is 4.79 Å². The molecule has 3 rings (SSSR count). The number of hydrogen-bond acceptors (Lipinski definition) is 6. The van der Waals surface area contributed by atoms with Crippen LogP contribution in [0.5, 0.6) is 0 Å². The van der Waals surface area contributed by atoms with Gasteiger partial charge in [-0.1, -0.05) is 28.4 Å². The molecule has 0 atom stereocenters. The number of rotatable bonds is 3. The molecule has 0 aromatic carbocycles. The minimum Gasteiger partial charge on any atom is -0.315 e. The molecule has 1 fully saturated rings. The van der Waals surface area contributed by atoms with Crippen LogP contribution in [0.1, 0.15) is 16.5 Å². The first-order chi connectivity index (χ1) is 9.65. The molecule has 8 nitrogen and oxygen atoms in total. The fraction of sp³-hybridized carbons (Fsp3) is 0.300. The summed E-state index contributed by atoms with van der Waals surface area (Å²) in [6.45, 7) is 1.63. The lowest BCUT2D eigenvalue weighted by atomic mass is 10.2. The van der Waals surface area contributed by atoms with E-state index in [1.54, 1.807) is 10.9 Å². The van der Waals surface area contributed by atoms with Gasteiger partial charge in [-0.25, -0.2) is 14.6 Å². The summed E-state index contributed by atoms with van der Waals surface area (Å²) in [6.07, 6.45) is 2.78. The lowest BCUT2D eigenvalue weighted by Gasteiger charge is -2.26. The largest absolute Gasteiger partial charge is 0.315 e. The maximum atomic E-state index is 12.0. The zero-order chi connectivity index (χ0) is 14.1. The van der Waals surface area contributed by atoms with Gasteiger partial charge in [0.15, 0.2) is 16.0 Å². The highest BCUT2D eigenvalue weighted by Gasteiger charge is 2.22. The quantitative estimate of drug-likeness (QED) is 0.812. The van der Waals surface area contributed by atoms with Crippen LogP contribution in [0.3, 0.4) is 0 Å². The molecule has 0 unspecified atom stereocenters. The summed E-state index contributed by atoms with van der Waals surface area (Å²) in [4.78, 5) is 19.5. The highest BCUT2D eigenvalue weighted by atomic mass is 35.5. The molecule has 10 heteroatoms. The van der Waals surface area contributed by atoms with Crippen LogP contribution >= 0.6 is 23.2 Å². The van der Waals surface area contributed by atoms with Crippen molar-refractivity contribution in [3.05, 3.63) is 28.5 Å². The zero-order valence-corrected chi connectivity index (χ0v) is 11.6. The first-order valence-electron chi connectivity index (χ1n) is 5.75. The number of hydrogen-bond donors (Lipinski definition) is 2. The van der Waals surface area contributed by atoms with Crippen molar-refractivity contribution in [2.45, 2.75) is 6.04 Å². The summed E-state index contributed by atoms with van der Waals surface area (Å²) < 4.78 is 1.65. The maximum absolute atomic E-state index is 12.0. The van der Waals surface area contributed by atoms with Crippen LogP contribution < -0.4 is 10.6 Å². The normalized spacial score (nSPS) is 14.9. The molecule has 1 amide bonds. The highest BCUT2D eigenvalue weighted by molar-refractivity contribution is 6.38. The fourth-order valence-electron chi connectivity index (χ4n) is 1.64. The van der Waals surface area contributed by atoms with Crippen molar-refractivity contribution in [3.63, 3.8) is 0 Å². The Kier molecular flexibility index (Phi) is 3.51. The summed E-state index contributed by atoms with van der Waals surface area (Å²) in [7, 11) is 0. The average Bonchev–Trinajstić information content (AvgIpc) is 2.81. The standard InChI is InChI=1S/C10H9Cl2N7O/c11-8-7(9(12)15-4-14-8)16-10(20)6-3-19(18-17-6)5-1-13-2-5/h3-5,13H,1-2H2,(H,16,20). The Morgan fingerprint density at radius 1 is 1.35 bits per heavy atom. The third-order valence-corrected chi connectivity index (χ3v) is 3.44. The van der Waals surface area contributed by atoms with Crippen LogP contribution in [0.2, 0.25) is 10.3 Å². The third-order valence-electron chi connectivity index (χ3n) is 2.87. The first kappa shape index (κ1) is 13.2. The maximum Gasteiger partial charge on any atom is 0.278 e. The van der Waals surface area contributed by atoms with Gasteiger partial charge < -0.3 is 10.6 Å². The Hall–Kier alpha value is -1.77. The molecular weight excluding hydrogens is 305 g/mol. The van der Waals surface area contributed by atoms with Crippen LogP contribution in [0.25, 0.3) is 0 Å². The van der Waals surface area contributed by atoms with Crippen LogP contribution in [0, 0.1) is 0 Å². The van der Waals surface area contributed by atoms with Gasteiger partial charge in [0, 0.05) is 13.1 Å². The van der Waals surface area contributed by atoms with E-state index in [2.05, 4.69) is 30.9 Å². The second kappa shape index (κ2) is 5.31. The van der Waals surface area contributed by atoms with Crippen molar-refractivity contribution in [1.82, 2.24) is 30.3 Å². The molecule has 0 bridgehead atoms. The summed E-state index contributed by atoms with van der Waals surface area (Å²) in [5, 5.41) is 13.5. The van der Waals surface area contributed by atoms with Crippen LogP contribution in [0.15, 0.2) is 12.5 Å². The zero-order valence-electron chi connectivity index (χ0n) is 10.0. The number of aromatic nitrogens is 5. The Morgan fingerprint density at radius 3 is 2.65 bits per heavy atom. The molecule has 104 valence electrons.